The molecule has 2 aromatic heterocycles. The molecule has 17 heavy (non-hydrogen) atoms. The lowest BCUT2D eigenvalue weighted by atomic mass is 10.0. The number of fused-ring (bicyclic) bond motifs is 1. The fraction of sp³-hybridized carbons (Fsp3) is 0.0714. The van der Waals surface area contributed by atoms with E-state index in [0.29, 0.717) is 6.54 Å². The van der Waals surface area contributed by atoms with Crippen LogP contribution in [-0.2, 0) is 6.54 Å². The molecule has 0 spiro atoms. The number of nitrogens with zero attached hydrogens (tertiary/aromatic N) is 1. The van der Waals surface area contributed by atoms with Crippen molar-refractivity contribution >= 4 is 11.0 Å². The fourth-order valence-electron chi connectivity index (χ4n) is 1.98. The molecule has 84 valence electrons. The van der Waals surface area contributed by atoms with Crippen LogP contribution in [0.2, 0.25) is 0 Å². The van der Waals surface area contributed by atoms with E-state index in [1.165, 1.54) is 0 Å². The minimum Gasteiger partial charge on any atom is -0.346 e. The molecule has 0 aliphatic rings. The largest absolute Gasteiger partial charge is 0.346 e. The second-order valence-electron chi connectivity index (χ2n) is 4.04. The predicted molar refractivity (Wildman–Crippen MR) is 69.4 cm³/mol. The number of nitrogens with one attached hydrogen (secondary N) is 1. The number of benzene rings is 1. The van der Waals surface area contributed by atoms with Crippen LogP contribution in [0.25, 0.3) is 22.2 Å². The topological polar surface area (TPSA) is 54.7 Å². The summed E-state index contributed by atoms with van der Waals surface area (Å²) in [5, 5.41) is 1.13. The Labute approximate surface area is 99.3 Å². The van der Waals surface area contributed by atoms with Gasteiger partial charge in [-0.3, -0.25) is 0 Å². The molecule has 0 radical (unpaired) electrons. The van der Waals surface area contributed by atoms with Crippen molar-refractivity contribution in [1.82, 2.24) is 9.97 Å². The normalized spacial score (nSPS) is 10.9. The third kappa shape index (κ3) is 1.81. The number of rotatable bonds is 2. The molecule has 1 aromatic carbocycles. The van der Waals surface area contributed by atoms with E-state index in [-0.39, 0.29) is 0 Å². The lowest BCUT2D eigenvalue weighted by Gasteiger charge is -2.03. The molecule has 3 heteroatoms. The molecule has 0 atom stereocenters. The molecular formula is C14H13N3. The summed E-state index contributed by atoms with van der Waals surface area (Å²) < 4.78 is 0. The van der Waals surface area contributed by atoms with Crippen LogP contribution < -0.4 is 5.73 Å². The average molecular weight is 223 g/mol. The maximum absolute atomic E-state index is 5.65. The Hall–Kier alpha value is -2.13. The van der Waals surface area contributed by atoms with Crippen molar-refractivity contribution in [2.45, 2.75) is 6.54 Å². The molecule has 3 rings (SSSR count). The van der Waals surface area contributed by atoms with E-state index in [1.807, 2.05) is 30.6 Å². The zero-order valence-corrected chi connectivity index (χ0v) is 9.35. The molecule has 3 N–H and O–H groups in total. The number of aromatic amines is 1. The number of pyridine rings is 1. The molecule has 3 nitrogen and oxygen atoms in total. The fourth-order valence-corrected chi connectivity index (χ4v) is 1.98. The number of aromatic nitrogens is 2. The molecule has 0 bridgehead atoms. The van der Waals surface area contributed by atoms with E-state index in [2.05, 4.69) is 28.2 Å². The Morgan fingerprint density at radius 2 is 2.06 bits per heavy atom. The number of hydrogen-bond donors (Lipinski definition) is 2. The Bertz CT molecular complexity index is 655. The third-order valence-electron chi connectivity index (χ3n) is 2.90. The lowest BCUT2D eigenvalue weighted by Crippen LogP contribution is -1.95. The Morgan fingerprint density at radius 1 is 1.12 bits per heavy atom. The van der Waals surface area contributed by atoms with Crippen molar-refractivity contribution in [2.75, 3.05) is 0 Å². The van der Waals surface area contributed by atoms with Crippen LogP contribution in [0.4, 0.5) is 0 Å². The smallest absolute Gasteiger partial charge is 0.137 e. The maximum Gasteiger partial charge on any atom is 0.137 e. The van der Waals surface area contributed by atoms with E-state index < -0.39 is 0 Å². The molecule has 0 unspecified atom stereocenters. The van der Waals surface area contributed by atoms with Crippen LogP contribution in [0.5, 0.6) is 0 Å². The highest BCUT2D eigenvalue weighted by atomic mass is 14.8. The second kappa shape index (κ2) is 4.03. The van der Waals surface area contributed by atoms with Gasteiger partial charge >= 0.3 is 0 Å². The van der Waals surface area contributed by atoms with Crippen LogP contribution in [0, 0.1) is 0 Å². The molecule has 3 aromatic rings. The van der Waals surface area contributed by atoms with Crippen LogP contribution >= 0.6 is 0 Å². The molecule has 0 fully saturated rings. The quantitative estimate of drug-likeness (QED) is 0.701. The highest BCUT2D eigenvalue weighted by molar-refractivity contribution is 5.81. The van der Waals surface area contributed by atoms with Gasteiger partial charge in [-0.2, -0.15) is 0 Å². The summed E-state index contributed by atoms with van der Waals surface area (Å²) in [6, 6.07) is 12.4. The van der Waals surface area contributed by atoms with E-state index in [4.69, 9.17) is 5.73 Å². The molecule has 0 amide bonds. The van der Waals surface area contributed by atoms with E-state index >= 15 is 0 Å². The number of hydrogen-bond acceptors (Lipinski definition) is 2. The minimum absolute atomic E-state index is 0.563. The van der Waals surface area contributed by atoms with Crippen molar-refractivity contribution in [3.05, 3.63) is 54.4 Å². The maximum atomic E-state index is 5.65. The van der Waals surface area contributed by atoms with Gasteiger partial charge < -0.3 is 10.7 Å². The Kier molecular flexibility index (Phi) is 2.38. The second-order valence-corrected chi connectivity index (χ2v) is 4.04. The van der Waals surface area contributed by atoms with Crippen LogP contribution in [0.1, 0.15) is 5.56 Å². The SMILES string of the molecule is NCc1cccc(-c2cnc3[nH]ccc3c2)c1. The van der Waals surface area contributed by atoms with Crippen LogP contribution in [-0.4, -0.2) is 9.97 Å². The Balaban J connectivity index is 2.12. The van der Waals surface area contributed by atoms with Crippen LogP contribution in [0.15, 0.2) is 48.8 Å². The van der Waals surface area contributed by atoms with Gasteiger partial charge in [0.2, 0.25) is 0 Å². The summed E-state index contributed by atoms with van der Waals surface area (Å²) in [6.07, 6.45) is 3.78. The van der Waals surface area contributed by atoms with Gasteiger partial charge in [0.15, 0.2) is 0 Å². The summed E-state index contributed by atoms with van der Waals surface area (Å²) in [7, 11) is 0. The summed E-state index contributed by atoms with van der Waals surface area (Å²) in [4.78, 5) is 7.48. The van der Waals surface area contributed by atoms with Gasteiger partial charge in [0.1, 0.15) is 5.65 Å². The predicted octanol–water partition coefficient (Wildman–Crippen LogP) is 2.69. The first-order chi connectivity index (χ1) is 8.36. The first-order valence-electron chi connectivity index (χ1n) is 5.59. The van der Waals surface area contributed by atoms with Crippen molar-refractivity contribution in [3.63, 3.8) is 0 Å². The van der Waals surface area contributed by atoms with Crippen molar-refractivity contribution in [3.8, 4) is 11.1 Å². The van der Waals surface area contributed by atoms with Crippen LogP contribution in [0.3, 0.4) is 0 Å². The summed E-state index contributed by atoms with van der Waals surface area (Å²) in [5.74, 6) is 0. The van der Waals surface area contributed by atoms with Gasteiger partial charge in [-0.25, -0.2) is 4.98 Å². The van der Waals surface area contributed by atoms with Crippen molar-refractivity contribution < 1.29 is 0 Å². The first kappa shape index (κ1) is 10.1. The van der Waals surface area contributed by atoms with Gasteiger partial charge in [-0.05, 0) is 29.3 Å². The third-order valence-corrected chi connectivity index (χ3v) is 2.90. The summed E-state index contributed by atoms with van der Waals surface area (Å²) in [6.45, 7) is 0.563. The van der Waals surface area contributed by atoms with Gasteiger partial charge in [0.05, 0.1) is 0 Å². The first-order valence-corrected chi connectivity index (χ1v) is 5.59. The van der Waals surface area contributed by atoms with Gasteiger partial charge in [-0.1, -0.05) is 18.2 Å². The molecular weight excluding hydrogens is 210 g/mol. The average Bonchev–Trinajstić information content (AvgIpc) is 2.86. The number of nitrogens with two attached hydrogens (primary N) is 1. The number of H-pyrrole nitrogens is 1. The van der Waals surface area contributed by atoms with Gasteiger partial charge in [0.25, 0.3) is 0 Å². The highest BCUT2D eigenvalue weighted by Crippen LogP contribution is 2.22. The molecule has 2 heterocycles. The zero-order valence-electron chi connectivity index (χ0n) is 9.35. The molecule has 0 aliphatic heterocycles. The Morgan fingerprint density at radius 3 is 2.94 bits per heavy atom. The van der Waals surface area contributed by atoms with Crippen molar-refractivity contribution in [1.29, 1.82) is 0 Å². The highest BCUT2D eigenvalue weighted by Gasteiger charge is 2.02. The molecule has 0 aliphatic carbocycles. The standard InChI is InChI=1S/C14H13N3/c15-8-10-2-1-3-11(6-10)13-7-12-4-5-16-14(12)17-9-13/h1-7,9H,8,15H2,(H,16,17). The summed E-state index contributed by atoms with van der Waals surface area (Å²) in [5.41, 5.74) is 9.98. The van der Waals surface area contributed by atoms with Crippen molar-refractivity contribution in [2.24, 2.45) is 5.73 Å². The minimum atomic E-state index is 0.563. The van der Waals surface area contributed by atoms with E-state index in [9.17, 15) is 0 Å². The monoisotopic (exact) mass is 223 g/mol. The molecule has 0 saturated heterocycles. The van der Waals surface area contributed by atoms with Gasteiger partial charge in [0, 0.05) is 29.9 Å². The molecule has 0 saturated carbocycles. The van der Waals surface area contributed by atoms with E-state index in [0.717, 1.165) is 27.7 Å². The summed E-state index contributed by atoms with van der Waals surface area (Å²) >= 11 is 0. The van der Waals surface area contributed by atoms with Gasteiger partial charge in [-0.15, -0.1) is 0 Å². The lowest BCUT2D eigenvalue weighted by molar-refractivity contribution is 1.07. The zero-order chi connectivity index (χ0) is 11.7. The van der Waals surface area contributed by atoms with E-state index in [1.54, 1.807) is 0 Å².